The molecule has 116 valence electrons. The molecule has 0 saturated carbocycles. The van der Waals surface area contributed by atoms with Crippen molar-refractivity contribution in [1.29, 1.82) is 0 Å². The largest absolute Gasteiger partial charge is 0.375 e. The van der Waals surface area contributed by atoms with Crippen LogP contribution in [0.3, 0.4) is 0 Å². The number of hydrogen-bond donors (Lipinski definition) is 0. The number of hydrogen-bond acceptors (Lipinski definition) is 3. The van der Waals surface area contributed by atoms with Gasteiger partial charge in [0.25, 0.3) is 0 Å². The minimum absolute atomic E-state index is 0.0363. The second-order valence-corrected chi connectivity index (χ2v) is 5.72. The first-order valence-corrected chi connectivity index (χ1v) is 7.58. The van der Waals surface area contributed by atoms with Crippen molar-refractivity contribution >= 4 is 5.91 Å². The first-order chi connectivity index (χ1) is 10.7. The molecule has 1 aromatic carbocycles. The number of carbonyl (C=O) groups is 1. The number of aryl methyl sites for hydroxylation is 2. The van der Waals surface area contributed by atoms with Crippen molar-refractivity contribution in [3.05, 3.63) is 41.6 Å². The van der Waals surface area contributed by atoms with Crippen molar-refractivity contribution < 1.29 is 9.53 Å². The summed E-state index contributed by atoms with van der Waals surface area (Å²) in [6.07, 6.45) is 0.914. The first kappa shape index (κ1) is 14.8. The quantitative estimate of drug-likeness (QED) is 0.873. The number of ether oxygens (including phenoxy) is 1. The number of nitrogens with zero attached hydrogens (tertiary/aromatic N) is 3. The molecule has 2 heterocycles. The van der Waals surface area contributed by atoms with Gasteiger partial charge < -0.3 is 9.64 Å². The predicted molar refractivity (Wildman–Crippen MR) is 84.3 cm³/mol. The molecule has 0 radical (unpaired) electrons. The molecule has 0 unspecified atom stereocenters. The molecule has 2 aromatic rings. The second-order valence-electron chi connectivity index (χ2n) is 5.72. The van der Waals surface area contributed by atoms with Crippen LogP contribution in [0.15, 0.2) is 30.3 Å². The number of benzene rings is 1. The molecule has 0 atom stereocenters. The molecule has 22 heavy (non-hydrogen) atoms. The summed E-state index contributed by atoms with van der Waals surface area (Å²) >= 11 is 0. The van der Waals surface area contributed by atoms with Crippen molar-refractivity contribution in [3.63, 3.8) is 0 Å². The molecule has 0 N–H and O–H groups in total. The zero-order valence-electron chi connectivity index (χ0n) is 13.1. The molecule has 1 aliphatic rings. The van der Waals surface area contributed by atoms with Gasteiger partial charge in [-0.05, 0) is 25.5 Å². The maximum atomic E-state index is 12.1. The lowest BCUT2D eigenvalue weighted by molar-refractivity contribution is -0.135. The van der Waals surface area contributed by atoms with E-state index >= 15 is 0 Å². The second kappa shape index (κ2) is 6.32. The molecule has 0 fully saturated rings. The Bertz CT molecular complexity index is 678. The number of aromatic nitrogens is 2. The van der Waals surface area contributed by atoms with Crippen LogP contribution in [0.25, 0.3) is 11.3 Å². The third-order valence-electron chi connectivity index (χ3n) is 3.95. The standard InChI is InChI=1S/C17H21N3O2/c1-13-5-3-6-14(9-13)16-10-15-11-19(17(21)12-22-2)7-4-8-20(15)18-16/h3,5-6,9-10H,4,7-8,11-12H2,1-2H3. The monoisotopic (exact) mass is 299 g/mol. The number of carbonyl (C=O) groups excluding carboxylic acids is 1. The minimum Gasteiger partial charge on any atom is -0.375 e. The highest BCUT2D eigenvalue weighted by Crippen LogP contribution is 2.22. The average Bonchev–Trinajstić information content (AvgIpc) is 2.79. The van der Waals surface area contributed by atoms with Crippen LogP contribution < -0.4 is 0 Å². The Morgan fingerprint density at radius 1 is 1.32 bits per heavy atom. The first-order valence-electron chi connectivity index (χ1n) is 7.58. The maximum absolute atomic E-state index is 12.1. The molecule has 5 nitrogen and oxygen atoms in total. The Morgan fingerprint density at radius 3 is 2.95 bits per heavy atom. The van der Waals surface area contributed by atoms with Crippen LogP contribution >= 0.6 is 0 Å². The third-order valence-corrected chi connectivity index (χ3v) is 3.95. The Kier molecular flexibility index (Phi) is 4.24. The molecule has 3 rings (SSSR count). The normalized spacial score (nSPS) is 14.5. The highest BCUT2D eigenvalue weighted by Gasteiger charge is 2.20. The molecular formula is C17H21N3O2. The maximum Gasteiger partial charge on any atom is 0.248 e. The van der Waals surface area contributed by atoms with Crippen LogP contribution in [0.2, 0.25) is 0 Å². The fourth-order valence-corrected chi connectivity index (χ4v) is 2.84. The van der Waals surface area contributed by atoms with Gasteiger partial charge in [0, 0.05) is 25.8 Å². The van der Waals surface area contributed by atoms with Gasteiger partial charge in [-0.25, -0.2) is 0 Å². The van der Waals surface area contributed by atoms with E-state index in [0.717, 1.165) is 36.5 Å². The van der Waals surface area contributed by atoms with Crippen LogP contribution in [0.4, 0.5) is 0 Å². The summed E-state index contributed by atoms with van der Waals surface area (Å²) in [7, 11) is 1.55. The van der Waals surface area contributed by atoms with E-state index in [1.165, 1.54) is 5.56 Å². The lowest BCUT2D eigenvalue weighted by Gasteiger charge is -2.19. The van der Waals surface area contributed by atoms with Crippen molar-refractivity contribution in [2.75, 3.05) is 20.3 Å². The SMILES string of the molecule is COCC(=O)N1CCCn2nc(-c3cccc(C)c3)cc2C1. The summed E-state index contributed by atoms with van der Waals surface area (Å²) in [5, 5.41) is 4.71. The van der Waals surface area contributed by atoms with E-state index in [0.29, 0.717) is 6.54 Å². The van der Waals surface area contributed by atoms with E-state index in [4.69, 9.17) is 9.84 Å². The topological polar surface area (TPSA) is 47.4 Å². The Hall–Kier alpha value is -2.14. The number of fused-ring (bicyclic) bond motifs is 1. The van der Waals surface area contributed by atoms with Gasteiger partial charge in [-0.1, -0.05) is 23.8 Å². The Morgan fingerprint density at radius 2 is 2.18 bits per heavy atom. The fourth-order valence-electron chi connectivity index (χ4n) is 2.84. The predicted octanol–water partition coefficient (Wildman–Crippen LogP) is 2.24. The summed E-state index contributed by atoms with van der Waals surface area (Å²) in [6.45, 7) is 4.42. The van der Waals surface area contributed by atoms with E-state index in [9.17, 15) is 4.79 Å². The van der Waals surface area contributed by atoms with E-state index in [1.54, 1.807) is 7.11 Å². The van der Waals surface area contributed by atoms with Gasteiger partial charge in [0.05, 0.1) is 17.9 Å². The minimum atomic E-state index is 0.0363. The van der Waals surface area contributed by atoms with Gasteiger partial charge in [-0.3, -0.25) is 9.48 Å². The van der Waals surface area contributed by atoms with Gasteiger partial charge >= 0.3 is 0 Å². The zero-order valence-corrected chi connectivity index (χ0v) is 13.1. The summed E-state index contributed by atoms with van der Waals surface area (Å²) in [5.41, 5.74) is 4.39. The van der Waals surface area contributed by atoms with Gasteiger partial charge in [-0.15, -0.1) is 0 Å². The van der Waals surface area contributed by atoms with Crippen LogP contribution in [0.5, 0.6) is 0 Å². The van der Waals surface area contributed by atoms with E-state index in [2.05, 4.69) is 31.2 Å². The van der Waals surface area contributed by atoms with Gasteiger partial charge in [0.2, 0.25) is 5.91 Å². The summed E-state index contributed by atoms with van der Waals surface area (Å²) in [6, 6.07) is 10.4. The number of methoxy groups -OCH3 is 1. The van der Waals surface area contributed by atoms with Gasteiger partial charge in [0.15, 0.2) is 0 Å². The van der Waals surface area contributed by atoms with Gasteiger partial charge in [-0.2, -0.15) is 5.10 Å². The summed E-state index contributed by atoms with van der Waals surface area (Å²) in [5.74, 6) is 0.0363. The summed E-state index contributed by atoms with van der Waals surface area (Å²) in [4.78, 5) is 13.9. The molecule has 0 spiro atoms. The fraction of sp³-hybridized carbons (Fsp3) is 0.412. The molecular weight excluding hydrogens is 278 g/mol. The molecule has 1 aliphatic heterocycles. The Labute approximate surface area is 130 Å². The van der Waals surface area contributed by atoms with E-state index in [-0.39, 0.29) is 12.5 Å². The molecule has 5 heteroatoms. The van der Waals surface area contributed by atoms with E-state index in [1.807, 2.05) is 15.6 Å². The number of rotatable bonds is 3. The van der Waals surface area contributed by atoms with Crippen molar-refractivity contribution in [2.45, 2.75) is 26.4 Å². The Balaban J connectivity index is 1.86. The number of amides is 1. The van der Waals surface area contributed by atoms with Gasteiger partial charge in [0.1, 0.15) is 6.61 Å². The highest BCUT2D eigenvalue weighted by atomic mass is 16.5. The molecule has 1 amide bonds. The summed E-state index contributed by atoms with van der Waals surface area (Å²) < 4.78 is 6.99. The lowest BCUT2D eigenvalue weighted by atomic mass is 10.1. The van der Waals surface area contributed by atoms with Crippen molar-refractivity contribution in [3.8, 4) is 11.3 Å². The molecule has 0 saturated heterocycles. The molecule has 0 aliphatic carbocycles. The lowest BCUT2D eigenvalue weighted by Crippen LogP contribution is -2.33. The van der Waals surface area contributed by atoms with Crippen molar-refractivity contribution in [1.82, 2.24) is 14.7 Å². The average molecular weight is 299 g/mol. The van der Waals surface area contributed by atoms with Crippen LogP contribution in [-0.2, 0) is 22.6 Å². The highest BCUT2D eigenvalue weighted by molar-refractivity contribution is 5.77. The van der Waals surface area contributed by atoms with Crippen LogP contribution in [-0.4, -0.2) is 40.8 Å². The van der Waals surface area contributed by atoms with Crippen molar-refractivity contribution in [2.24, 2.45) is 0 Å². The molecule has 1 aromatic heterocycles. The van der Waals surface area contributed by atoms with E-state index < -0.39 is 0 Å². The molecule has 0 bridgehead atoms. The zero-order chi connectivity index (χ0) is 15.5. The third kappa shape index (κ3) is 3.04. The van der Waals surface area contributed by atoms with Crippen LogP contribution in [0, 0.1) is 6.92 Å². The smallest absolute Gasteiger partial charge is 0.248 e. The van der Waals surface area contributed by atoms with Crippen LogP contribution in [0.1, 0.15) is 17.7 Å².